The second-order valence-electron chi connectivity index (χ2n) is 4.77. The van der Waals surface area contributed by atoms with E-state index in [2.05, 4.69) is 52.3 Å². The molecule has 0 fully saturated rings. The second kappa shape index (κ2) is 5.60. The van der Waals surface area contributed by atoms with Gasteiger partial charge in [-0.2, -0.15) is 0 Å². The van der Waals surface area contributed by atoms with E-state index in [1.165, 1.54) is 18.1 Å². The van der Waals surface area contributed by atoms with Gasteiger partial charge in [0.15, 0.2) is 19.7 Å². The average molecular weight is 275 g/mol. The minimum atomic E-state index is -1.50. The van der Waals surface area contributed by atoms with E-state index in [1.54, 1.807) is 18.7 Å². The van der Waals surface area contributed by atoms with Gasteiger partial charge in [-0.25, -0.2) is 19.9 Å². The van der Waals surface area contributed by atoms with Crippen LogP contribution in [0, 0.1) is 0 Å². The van der Waals surface area contributed by atoms with Gasteiger partial charge in [-0.1, -0.05) is 20.8 Å². The molecule has 2 aromatic heterocycles. The van der Waals surface area contributed by atoms with Gasteiger partial charge in [0, 0.05) is 12.4 Å². The van der Waals surface area contributed by atoms with E-state index in [9.17, 15) is 0 Å². The van der Waals surface area contributed by atoms with Gasteiger partial charge in [-0.05, 0) is 25.2 Å². The molecule has 0 saturated heterocycles. The Kier molecular flexibility index (Phi) is 4.09. The average Bonchev–Trinajstić information content (AvgIpc) is 2.49. The molecule has 102 valence electrons. The molecule has 0 atom stereocenters. The molecule has 0 N–H and O–H groups in total. The topological polar surface area (TPSA) is 54.8 Å². The maximum Gasteiger partial charge on any atom is 0.183 e. The summed E-state index contributed by atoms with van der Waals surface area (Å²) in [7, 11) is 0.648. The summed E-state index contributed by atoms with van der Waals surface area (Å²) in [5.41, 5.74) is 1.48. The van der Waals surface area contributed by atoms with E-state index in [1.807, 2.05) is 0 Å². The van der Waals surface area contributed by atoms with Crippen LogP contribution in [0.5, 0.6) is 0 Å². The van der Waals surface area contributed by atoms with E-state index in [0.29, 0.717) is 5.65 Å². The van der Waals surface area contributed by atoms with Crippen LogP contribution in [0.25, 0.3) is 11.2 Å². The van der Waals surface area contributed by atoms with E-state index < -0.39 is 8.24 Å². The number of anilines is 1. The van der Waals surface area contributed by atoms with Crippen LogP contribution >= 0.6 is 0 Å². The van der Waals surface area contributed by atoms with Gasteiger partial charge in [0.2, 0.25) is 0 Å². The zero-order valence-corrected chi connectivity index (χ0v) is 13.1. The maximum atomic E-state index is 4.46. The largest absolute Gasteiger partial charge is 0.383 e. The normalized spacial score (nSPS) is 11.8. The molecule has 0 aliphatic carbocycles. The molecule has 0 aromatic carbocycles. The lowest BCUT2D eigenvalue weighted by Gasteiger charge is -2.39. The number of fused-ring (bicyclic) bond motifs is 1. The lowest BCUT2D eigenvalue weighted by molar-refractivity contribution is 1.03. The smallest absolute Gasteiger partial charge is 0.183 e. The van der Waals surface area contributed by atoms with Crippen molar-refractivity contribution in [1.29, 1.82) is 0 Å². The van der Waals surface area contributed by atoms with Crippen LogP contribution in [0.2, 0.25) is 18.1 Å². The van der Waals surface area contributed by atoms with Gasteiger partial charge in [0.05, 0.1) is 0 Å². The Bertz CT molecular complexity index is 542. The van der Waals surface area contributed by atoms with Crippen molar-refractivity contribution in [2.75, 3.05) is 11.6 Å². The van der Waals surface area contributed by atoms with Gasteiger partial charge in [-0.15, -0.1) is 0 Å². The van der Waals surface area contributed by atoms with Gasteiger partial charge < -0.3 is 4.57 Å². The molecule has 5 nitrogen and oxygen atoms in total. The summed E-state index contributed by atoms with van der Waals surface area (Å²) in [6, 6.07) is 3.63. The van der Waals surface area contributed by atoms with Gasteiger partial charge in [0.1, 0.15) is 11.8 Å². The van der Waals surface area contributed by atoms with Crippen molar-refractivity contribution in [1.82, 2.24) is 19.9 Å². The Labute approximate surface area is 115 Å². The maximum absolute atomic E-state index is 4.46. The van der Waals surface area contributed by atoms with E-state index >= 15 is 0 Å². The predicted octanol–water partition coefficient (Wildman–Crippen LogP) is 2.86. The molecule has 0 aliphatic heterocycles. The summed E-state index contributed by atoms with van der Waals surface area (Å²) in [5.74, 6) is 0.926. The second-order valence-corrected chi connectivity index (χ2v) is 10.0. The molecule has 0 radical (unpaired) electrons. The molecule has 0 spiro atoms. The summed E-state index contributed by atoms with van der Waals surface area (Å²) >= 11 is 0. The SMILES string of the molecule is CC[Si](CC)(CC)N(C)c1ncnc2nccnc12. The quantitative estimate of drug-likeness (QED) is 0.785. The third kappa shape index (κ3) is 2.32. The number of hydrogen-bond acceptors (Lipinski definition) is 5. The summed E-state index contributed by atoms with van der Waals surface area (Å²) in [6.07, 6.45) is 4.96. The number of hydrogen-bond donors (Lipinski definition) is 0. The van der Waals surface area contributed by atoms with Crippen LogP contribution in [0.4, 0.5) is 5.82 Å². The molecular weight excluding hydrogens is 254 g/mol. The van der Waals surface area contributed by atoms with E-state index in [0.717, 1.165) is 11.3 Å². The van der Waals surface area contributed by atoms with Crippen molar-refractivity contribution in [2.45, 2.75) is 38.9 Å². The Morgan fingerprint density at radius 2 is 1.58 bits per heavy atom. The van der Waals surface area contributed by atoms with Gasteiger partial charge in [-0.3, -0.25) is 0 Å². The lowest BCUT2D eigenvalue weighted by Crippen LogP contribution is -2.50. The van der Waals surface area contributed by atoms with Crippen LogP contribution in [0.1, 0.15) is 20.8 Å². The molecule has 0 aliphatic rings. The highest BCUT2D eigenvalue weighted by Gasteiger charge is 2.34. The van der Waals surface area contributed by atoms with Crippen LogP contribution in [0.3, 0.4) is 0 Å². The van der Waals surface area contributed by atoms with Crippen LogP contribution in [-0.4, -0.2) is 35.2 Å². The molecule has 0 bridgehead atoms. The molecule has 2 heterocycles. The Morgan fingerprint density at radius 1 is 0.947 bits per heavy atom. The molecule has 2 aromatic rings. The first-order valence-electron chi connectivity index (χ1n) is 6.84. The Morgan fingerprint density at radius 3 is 2.21 bits per heavy atom. The monoisotopic (exact) mass is 275 g/mol. The molecule has 19 heavy (non-hydrogen) atoms. The van der Waals surface area contributed by atoms with Crippen molar-refractivity contribution in [3.8, 4) is 0 Å². The fraction of sp³-hybridized carbons (Fsp3) is 0.538. The first-order valence-corrected chi connectivity index (χ1v) is 9.41. The van der Waals surface area contributed by atoms with Crippen molar-refractivity contribution in [3.05, 3.63) is 18.7 Å². The van der Waals surface area contributed by atoms with Gasteiger partial charge >= 0.3 is 0 Å². The first-order chi connectivity index (χ1) is 9.18. The third-order valence-electron chi connectivity index (χ3n) is 4.25. The van der Waals surface area contributed by atoms with Crippen LogP contribution in [-0.2, 0) is 0 Å². The summed E-state index contributed by atoms with van der Waals surface area (Å²) in [4.78, 5) is 17.3. The lowest BCUT2D eigenvalue weighted by atomic mass is 10.4. The summed E-state index contributed by atoms with van der Waals surface area (Å²) in [6.45, 7) is 6.85. The van der Waals surface area contributed by atoms with Crippen molar-refractivity contribution in [3.63, 3.8) is 0 Å². The van der Waals surface area contributed by atoms with E-state index in [-0.39, 0.29) is 0 Å². The minimum absolute atomic E-state index is 0.672. The van der Waals surface area contributed by atoms with Gasteiger partial charge in [0.25, 0.3) is 0 Å². The highest BCUT2D eigenvalue weighted by atomic mass is 28.3. The van der Waals surface area contributed by atoms with Crippen molar-refractivity contribution >= 4 is 25.2 Å². The minimum Gasteiger partial charge on any atom is -0.383 e. The van der Waals surface area contributed by atoms with Crippen molar-refractivity contribution < 1.29 is 0 Å². The highest BCUT2D eigenvalue weighted by molar-refractivity contribution is 6.83. The Hall–Kier alpha value is -1.56. The summed E-state index contributed by atoms with van der Waals surface area (Å²) in [5, 5.41) is 0. The zero-order valence-electron chi connectivity index (χ0n) is 12.1. The van der Waals surface area contributed by atoms with Crippen LogP contribution in [0.15, 0.2) is 18.7 Å². The molecule has 6 heteroatoms. The molecular formula is C13H21N5Si. The molecule has 0 amide bonds. The first kappa shape index (κ1) is 13.9. The summed E-state index contributed by atoms with van der Waals surface area (Å²) < 4.78 is 2.38. The molecule has 0 unspecified atom stereocenters. The third-order valence-corrected chi connectivity index (χ3v) is 9.84. The highest BCUT2D eigenvalue weighted by Crippen LogP contribution is 2.30. The number of nitrogens with zero attached hydrogens (tertiary/aromatic N) is 5. The van der Waals surface area contributed by atoms with Crippen molar-refractivity contribution in [2.24, 2.45) is 0 Å². The molecule has 0 saturated carbocycles. The fourth-order valence-corrected chi connectivity index (χ4v) is 6.25. The Balaban J connectivity index is 2.55. The number of aromatic nitrogens is 4. The number of rotatable bonds is 5. The predicted molar refractivity (Wildman–Crippen MR) is 80.7 cm³/mol. The standard InChI is InChI=1S/C13H21N5Si/c1-5-19(6-2,7-3)18(4)13-11-12(16-10-17-13)15-9-8-14-11/h8-10H,5-7H2,1-4H3. The fourth-order valence-electron chi connectivity index (χ4n) is 2.71. The van der Waals surface area contributed by atoms with Crippen LogP contribution < -0.4 is 4.57 Å². The van der Waals surface area contributed by atoms with E-state index in [4.69, 9.17) is 0 Å². The zero-order chi connectivity index (χ0) is 13.9. The molecule has 2 rings (SSSR count).